The van der Waals surface area contributed by atoms with Crippen LogP contribution in [-0.2, 0) is 11.0 Å². The Labute approximate surface area is 228 Å². The van der Waals surface area contributed by atoms with E-state index in [2.05, 4.69) is 15.0 Å². The zero-order chi connectivity index (χ0) is 28.8. The van der Waals surface area contributed by atoms with E-state index >= 15 is 0 Å². The highest BCUT2D eigenvalue weighted by Crippen LogP contribution is 2.36. The number of halogens is 4. The average molecular weight is 580 g/mol. The van der Waals surface area contributed by atoms with E-state index < -0.39 is 40.7 Å². The van der Waals surface area contributed by atoms with Gasteiger partial charge in [0.2, 0.25) is 0 Å². The molecule has 0 aliphatic carbocycles. The van der Waals surface area contributed by atoms with Crippen molar-refractivity contribution < 1.29 is 31.6 Å². The lowest BCUT2D eigenvalue weighted by Crippen LogP contribution is -2.63. The molecule has 1 aromatic carbocycles. The molecule has 1 aliphatic rings. The summed E-state index contributed by atoms with van der Waals surface area (Å²) in [6, 6.07) is 4.66. The van der Waals surface area contributed by atoms with E-state index in [-0.39, 0.29) is 46.4 Å². The summed E-state index contributed by atoms with van der Waals surface area (Å²) >= 11 is 0. The van der Waals surface area contributed by atoms with Crippen LogP contribution < -0.4 is 21.1 Å². The first-order valence-corrected chi connectivity index (χ1v) is 13.2. The Morgan fingerprint density at radius 2 is 1.95 bits per heavy atom. The van der Waals surface area contributed by atoms with E-state index in [0.717, 1.165) is 12.1 Å². The summed E-state index contributed by atoms with van der Waals surface area (Å²) in [5, 5.41) is 10.1. The molecule has 3 atom stereocenters. The van der Waals surface area contributed by atoms with Gasteiger partial charge in [0.15, 0.2) is 28.4 Å². The van der Waals surface area contributed by atoms with Gasteiger partial charge in [-0.2, -0.15) is 0 Å². The molecule has 0 spiro atoms. The smallest absolute Gasteiger partial charge is 0.265 e. The van der Waals surface area contributed by atoms with Crippen LogP contribution in [0.1, 0.15) is 12.8 Å². The number of nitrogen functional groups attached to an aromatic ring is 1. The van der Waals surface area contributed by atoms with Crippen molar-refractivity contribution in [3.05, 3.63) is 54.6 Å². The van der Waals surface area contributed by atoms with Crippen LogP contribution >= 0.6 is 0 Å². The number of ether oxygens (including phenoxy) is 1. The van der Waals surface area contributed by atoms with Gasteiger partial charge in [-0.25, -0.2) is 35.7 Å². The number of nitrogens with two attached hydrogens (primary N) is 2. The molecule has 1 unspecified atom stereocenters. The molecule has 1 aliphatic heterocycles. The lowest BCUT2D eigenvalue weighted by atomic mass is 9.84. The maximum atomic E-state index is 15.0. The number of piperidine rings is 1. The minimum Gasteiger partial charge on any atom is -0.494 e. The Kier molecular flexibility index (Phi) is 7.37. The van der Waals surface area contributed by atoms with Crippen LogP contribution in [0.3, 0.4) is 0 Å². The third kappa shape index (κ3) is 4.84. The molecule has 0 radical (unpaired) electrons. The SMILES string of the molecule is COc1cc(F)c(-c2cc(S(=O)n3cnc4c(N)nccc43)c(N3CCC[C@](N)([C@H](O)C(F)F)C3)cn2)cc1F. The Hall–Kier alpha value is -3.82. The molecule has 3 aromatic heterocycles. The van der Waals surface area contributed by atoms with Crippen molar-refractivity contribution >= 4 is 33.5 Å². The fourth-order valence-corrected chi connectivity index (χ4v) is 6.07. The van der Waals surface area contributed by atoms with Gasteiger partial charge in [-0.1, -0.05) is 0 Å². The van der Waals surface area contributed by atoms with Gasteiger partial charge in [0.1, 0.15) is 23.8 Å². The average Bonchev–Trinajstić information content (AvgIpc) is 3.38. The molecule has 4 aromatic rings. The number of aliphatic hydroxyl groups is 1. The van der Waals surface area contributed by atoms with Crippen LogP contribution in [0, 0.1) is 11.6 Å². The number of rotatable bonds is 7. The summed E-state index contributed by atoms with van der Waals surface area (Å²) in [6.07, 6.45) is -0.680. The van der Waals surface area contributed by atoms with Crippen molar-refractivity contribution in [2.75, 3.05) is 30.8 Å². The summed E-state index contributed by atoms with van der Waals surface area (Å²) in [7, 11) is -0.862. The molecule has 212 valence electrons. The number of hydrogen-bond donors (Lipinski definition) is 3. The predicted molar refractivity (Wildman–Crippen MR) is 140 cm³/mol. The first-order chi connectivity index (χ1) is 19.0. The maximum Gasteiger partial charge on any atom is 0.265 e. The lowest BCUT2D eigenvalue weighted by Gasteiger charge is -2.44. The van der Waals surface area contributed by atoms with Crippen molar-refractivity contribution in [1.82, 2.24) is 18.9 Å². The monoisotopic (exact) mass is 579 g/mol. The number of hydrogen-bond acceptors (Lipinski definition) is 9. The molecule has 5 rings (SSSR count). The quantitative estimate of drug-likeness (QED) is 0.282. The fourth-order valence-electron chi connectivity index (χ4n) is 4.83. The second kappa shape index (κ2) is 10.6. The third-order valence-electron chi connectivity index (χ3n) is 6.91. The molecular weight excluding hydrogens is 554 g/mol. The first-order valence-electron chi connectivity index (χ1n) is 12.1. The van der Waals surface area contributed by atoms with Crippen molar-refractivity contribution in [3.63, 3.8) is 0 Å². The van der Waals surface area contributed by atoms with Crippen molar-refractivity contribution in [1.29, 1.82) is 0 Å². The molecule has 40 heavy (non-hydrogen) atoms. The summed E-state index contributed by atoms with van der Waals surface area (Å²) < 4.78 is 76.5. The highest BCUT2D eigenvalue weighted by atomic mass is 32.2. The van der Waals surface area contributed by atoms with E-state index in [9.17, 15) is 26.9 Å². The predicted octanol–water partition coefficient (Wildman–Crippen LogP) is 2.86. The van der Waals surface area contributed by atoms with Crippen molar-refractivity contribution in [2.24, 2.45) is 5.73 Å². The second-order valence-corrected chi connectivity index (χ2v) is 10.8. The summed E-state index contributed by atoms with van der Waals surface area (Å²) in [6.45, 7) is 0.129. The number of pyridine rings is 2. The highest BCUT2D eigenvalue weighted by Gasteiger charge is 2.43. The van der Waals surface area contributed by atoms with E-state index in [0.29, 0.717) is 24.0 Å². The molecule has 1 saturated heterocycles. The summed E-state index contributed by atoms with van der Waals surface area (Å²) in [5.41, 5.74) is 11.1. The number of alkyl halides is 2. The topological polar surface area (TPSA) is 145 Å². The number of aromatic nitrogens is 4. The Morgan fingerprint density at radius 3 is 2.67 bits per heavy atom. The zero-order valence-corrected chi connectivity index (χ0v) is 21.9. The number of anilines is 2. The van der Waals surface area contributed by atoms with E-state index in [1.807, 2.05) is 0 Å². The van der Waals surface area contributed by atoms with Crippen LogP contribution in [0.2, 0.25) is 0 Å². The van der Waals surface area contributed by atoms with Gasteiger partial charge in [0.05, 0.1) is 40.6 Å². The minimum absolute atomic E-state index is 0.0413. The van der Waals surface area contributed by atoms with Crippen LogP contribution in [0.5, 0.6) is 5.75 Å². The third-order valence-corrected chi connectivity index (χ3v) is 8.27. The number of fused-ring (bicyclic) bond motifs is 1. The molecule has 1 fully saturated rings. The molecular formula is C25H25F4N7O3S. The number of aliphatic hydroxyl groups excluding tert-OH is 1. The first kappa shape index (κ1) is 27.7. The van der Waals surface area contributed by atoms with E-state index in [4.69, 9.17) is 16.2 Å². The molecule has 4 heterocycles. The number of imidazole rings is 1. The van der Waals surface area contributed by atoms with Crippen LogP contribution in [0.25, 0.3) is 22.3 Å². The fraction of sp³-hybridized carbons (Fsp3) is 0.320. The summed E-state index contributed by atoms with van der Waals surface area (Å²) in [5.74, 6) is -1.85. The molecule has 5 N–H and O–H groups in total. The molecule has 0 bridgehead atoms. The van der Waals surface area contributed by atoms with Gasteiger partial charge < -0.3 is 26.2 Å². The van der Waals surface area contributed by atoms with Gasteiger partial charge in [0, 0.05) is 30.9 Å². The number of methoxy groups -OCH3 is 1. The second-order valence-electron chi connectivity index (χ2n) is 9.42. The summed E-state index contributed by atoms with van der Waals surface area (Å²) in [4.78, 5) is 14.1. The Bertz CT molecular complexity index is 1600. The Balaban J connectivity index is 1.65. The highest BCUT2D eigenvalue weighted by molar-refractivity contribution is 7.83. The molecule has 0 amide bonds. The largest absolute Gasteiger partial charge is 0.494 e. The van der Waals surface area contributed by atoms with Crippen LogP contribution in [-0.4, -0.2) is 66.5 Å². The van der Waals surface area contributed by atoms with Gasteiger partial charge in [0.25, 0.3) is 6.43 Å². The lowest BCUT2D eigenvalue weighted by molar-refractivity contribution is -0.0529. The number of nitrogens with zero attached hydrogens (tertiary/aromatic N) is 5. The van der Waals surface area contributed by atoms with Crippen molar-refractivity contribution in [3.8, 4) is 17.0 Å². The van der Waals surface area contributed by atoms with Crippen molar-refractivity contribution in [2.45, 2.75) is 35.8 Å². The van der Waals surface area contributed by atoms with Crippen LogP contribution in [0.15, 0.2) is 47.9 Å². The van der Waals surface area contributed by atoms with Gasteiger partial charge >= 0.3 is 0 Å². The number of benzene rings is 1. The zero-order valence-electron chi connectivity index (χ0n) is 21.1. The Morgan fingerprint density at radius 1 is 1.18 bits per heavy atom. The minimum atomic E-state index is -3.07. The van der Waals surface area contributed by atoms with Gasteiger partial charge in [-0.15, -0.1) is 0 Å². The molecule has 10 nitrogen and oxygen atoms in total. The van der Waals surface area contributed by atoms with Gasteiger partial charge in [-0.3, -0.25) is 4.98 Å². The normalized spacial score (nSPS) is 19.2. The molecule has 15 heteroatoms. The standard InChI is InChI=1S/C25H25F4N7O3S/c1-39-19-8-14(26)13(7-15(19)27)16-9-20(40(38)36-12-34-21-17(36)3-5-32-24(21)30)18(10-33-16)35-6-2-4-25(31,11-35)22(37)23(28)29/h3,5,7-10,12,22-23,37H,2,4,6,11,31H2,1H3,(H2,30,32)/t22-,25-,40?/m1/s1. The van der Waals surface area contributed by atoms with E-state index in [1.54, 1.807) is 11.0 Å². The van der Waals surface area contributed by atoms with Crippen LogP contribution in [0.4, 0.5) is 29.1 Å². The van der Waals surface area contributed by atoms with E-state index in [1.165, 1.54) is 35.9 Å². The van der Waals surface area contributed by atoms with Gasteiger partial charge in [-0.05, 0) is 31.0 Å². The maximum absolute atomic E-state index is 15.0. The molecule has 0 saturated carbocycles.